The lowest BCUT2D eigenvalue weighted by molar-refractivity contribution is -0.160. The predicted octanol–water partition coefficient (Wildman–Crippen LogP) is 6.91. The van der Waals surface area contributed by atoms with Crippen LogP contribution in [0.5, 0.6) is 0 Å². The highest BCUT2D eigenvalue weighted by Gasteiger charge is 2.32. The number of carbonyl (C=O) groups is 1. The van der Waals surface area contributed by atoms with E-state index in [1.54, 1.807) is 6.20 Å². The molecule has 0 bridgehead atoms. The van der Waals surface area contributed by atoms with Crippen LogP contribution in [0.1, 0.15) is 38.0 Å². The summed E-state index contributed by atoms with van der Waals surface area (Å²) in [4.78, 5) is 17.1. The largest absolute Gasteiger partial charge is 0.479 e. The molecular weight excluding hydrogens is 501 g/mol. The Morgan fingerprint density at radius 1 is 1.06 bits per heavy atom. The Bertz CT molecular complexity index is 1310. The van der Waals surface area contributed by atoms with Gasteiger partial charge >= 0.3 is 5.97 Å². The first-order valence-corrected chi connectivity index (χ1v) is 11.2. The molecule has 0 saturated carbocycles. The SMILES string of the molecule is Cc1cc2ccccc2c(-c2ccc(I)c3cccnc23)c1C(OC(C)(C)C)C(=O)O. The maximum Gasteiger partial charge on any atom is 0.337 e. The lowest BCUT2D eigenvalue weighted by Gasteiger charge is -2.28. The van der Waals surface area contributed by atoms with Crippen molar-refractivity contribution in [3.8, 4) is 11.1 Å². The zero-order chi connectivity index (χ0) is 22.3. The topological polar surface area (TPSA) is 59.4 Å². The quantitative estimate of drug-likeness (QED) is 0.294. The van der Waals surface area contributed by atoms with Crippen LogP contribution in [0.15, 0.2) is 60.8 Å². The summed E-state index contributed by atoms with van der Waals surface area (Å²) < 4.78 is 7.19. The number of hydrogen-bond donors (Lipinski definition) is 1. The first-order chi connectivity index (χ1) is 14.7. The molecule has 1 N–H and O–H groups in total. The van der Waals surface area contributed by atoms with Crippen LogP contribution in [0.25, 0.3) is 32.8 Å². The molecule has 4 nitrogen and oxygen atoms in total. The van der Waals surface area contributed by atoms with Crippen molar-refractivity contribution >= 4 is 50.2 Å². The van der Waals surface area contributed by atoms with Gasteiger partial charge in [0.2, 0.25) is 0 Å². The second kappa shape index (κ2) is 8.20. The Balaban J connectivity index is 2.15. The van der Waals surface area contributed by atoms with Crippen LogP contribution in [-0.4, -0.2) is 21.7 Å². The number of halogens is 1. The third kappa shape index (κ3) is 4.16. The minimum atomic E-state index is -1.10. The van der Waals surface area contributed by atoms with Crippen LogP contribution in [0.3, 0.4) is 0 Å². The molecule has 31 heavy (non-hydrogen) atoms. The number of fused-ring (bicyclic) bond motifs is 2. The van der Waals surface area contributed by atoms with E-state index in [1.807, 2.05) is 70.2 Å². The van der Waals surface area contributed by atoms with Crippen LogP contribution in [-0.2, 0) is 9.53 Å². The van der Waals surface area contributed by atoms with Crippen LogP contribution in [0.4, 0.5) is 0 Å². The summed E-state index contributed by atoms with van der Waals surface area (Å²) in [5.74, 6) is -1.00. The number of aryl methyl sites for hydroxylation is 1. The van der Waals surface area contributed by atoms with E-state index in [1.165, 1.54) is 0 Å². The van der Waals surface area contributed by atoms with Gasteiger partial charge in [-0.3, -0.25) is 4.98 Å². The van der Waals surface area contributed by atoms with Crippen molar-refractivity contribution in [2.75, 3.05) is 0 Å². The fraction of sp³-hybridized carbons (Fsp3) is 0.231. The summed E-state index contributed by atoms with van der Waals surface area (Å²) in [6.45, 7) is 7.58. The zero-order valence-electron chi connectivity index (χ0n) is 17.9. The van der Waals surface area contributed by atoms with E-state index in [0.29, 0.717) is 5.56 Å². The lowest BCUT2D eigenvalue weighted by atomic mass is 9.86. The highest BCUT2D eigenvalue weighted by Crippen LogP contribution is 2.42. The fourth-order valence-electron chi connectivity index (χ4n) is 4.06. The predicted molar refractivity (Wildman–Crippen MR) is 133 cm³/mol. The van der Waals surface area contributed by atoms with E-state index in [0.717, 1.165) is 41.9 Å². The summed E-state index contributed by atoms with van der Waals surface area (Å²) in [5.41, 5.74) is 3.57. The van der Waals surface area contributed by atoms with Crippen LogP contribution in [0.2, 0.25) is 0 Å². The molecule has 3 aromatic carbocycles. The molecule has 1 unspecified atom stereocenters. The Morgan fingerprint density at radius 3 is 2.48 bits per heavy atom. The van der Waals surface area contributed by atoms with Gasteiger partial charge in [-0.05, 0) is 84.3 Å². The second-order valence-electron chi connectivity index (χ2n) is 8.65. The van der Waals surface area contributed by atoms with Crippen molar-refractivity contribution in [3.05, 3.63) is 75.5 Å². The van der Waals surface area contributed by atoms with Gasteiger partial charge in [-0.25, -0.2) is 4.79 Å². The van der Waals surface area contributed by atoms with E-state index in [2.05, 4.69) is 39.7 Å². The van der Waals surface area contributed by atoms with Gasteiger partial charge in [0.05, 0.1) is 11.1 Å². The van der Waals surface area contributed by atoms with Crippen molar-refractivity contribution < 1.29 is 14.6 Å². The third-order valence-electron chi connectivity index (χ3n) is 5.24. The summed E-state index contributed by atoms with van der Waals surface area (Å²) in [7, 11) is 0. The van der Waals surface area contributed by atoms with Crippen molar-refractivity contribution in [1.82, 2.24) is 4.98 Å². The number of carboxylic acid groups (broad SMARTS) is 1. The average Bonchev–Trinajstić information content (AvgIpc) is 2.71. The number of benzene rings is 3. The molecule has 1 aromatic heterocycles. The van der Waals surface area contributed by atoms with E-state index >= 15 is 0 Å². The number of ether oxygens (including phenoxy) is 1. The Morgan fingerprint density at radius 2 is 1.77 bits per heavy atom. The maximum atomic E-state index is 12.4. The summed E-state index contributed by atoms with van der Waals surface area (Å²) >= 11 is 2.31. The monoisotopic (exact) mass is 525 g/mol. The van der Waals surface area contributed by atoms with Gasteiger partial charge in [-0.1, -0.05) is 42.5 Å². The number of aliphatic carboxylic acids is 1. The molecule has 5 heteroatoms. The van der Waals surface area contributed by atoms with Gasteiger partial charge in [0, 0.05) is 26.3 Å². The van der Waals surface area contributed by atoms with Crippen molar-refractivity contribution in [1.29, 1.82) is 0 Å². The van der Waals surface area contributed by atoms with Gasteiger partial charge < -0.3 is 9.84 Å². The fourth-order valence-corrected chi connectivity index (χ4v) is 4.67. The van der Waals surface area contributed by atoms with Gasteiger partial charge in [-0.2, -0.15) is 0 Å². The number of nitrogens with zero attached hydrogens (tertiary/aromatic N) is 1. The smallest absolute Gasteiger partial charge is 0.337 e. The molecule has 158 valence electrons. The summed E-state index contributed by atoms with van der Waals surface area (Å²) in [6.07, 6.45) is 0.678. The molecule has 1 heterocycles. The average molecular weight is 525 g/mol. The number of hydrogen-bond acceptors (Lipinski definition) is 3. The maximum absolute atomic E-state index is 12.4. The zero-order valence-corrected chi connectivity index (χ0v) is 20.1. The number of pyridine rings is 1. The van der Waals surface area contributed by atoms with Gasteiger partial charge in [0.25, 0.3) is 0 Å². The molecule has 0 aliphatic heterocycles. The van der Waals surface area contributed by atoms with E-state index in [9.17, 15) is 9.90 Å². The number of aromatic nitrogens is 1. The Hall–Kier alpha value is -2.51. The molecule has 4 aromatic rings. The Labute approximate surface area is 195 Å². The molecule has 0 spiro atoms. The minimum Gasteiger partial charge on any atom is -0.479 e. The van der Waals surface area contributed by atoms with Crippen LogP contribution in [0, 0.1) is 10.5 Å². The van der Waals surface area contributed by atoms with Gasteiger partial charge in [0.15, 0.2) is 6.10 Å². The molecular formula is C26H24INO3. The Kier molecular flexibility index (Phi) is 5.75. The molecule has 0 saturated heterocycles. The van der Waals surface area contributed by atoms with E-state index in [-0.39, 0.29) is 0 Å². The second-order valence-corrected chi connectivity index (χ2v) is 9.81. The lowest BCUT2D eigenvalue weighted by Crippen LogP contribution is -2.28. The molecule has 0 radical (unpaired) electrons. The first kappa shape index (κ1) is 21.7. The van der Waals surface area contributed by atoms with Crippen LogP contribution < -0.4 is 0 Å². The molecule has 0 aliphatic carbocycles. The molecule has 4 rings (SSSR count). The van der Waals surface area contributed by atoms with Crippen molar-refractivity contribution in [2.45, 2.75) is 39.4 Å². The van der Waals surface area contributed by atoms with Gasteiger partial charge in [0.1, 0.15) is 0 Å². The highest BCUT2D eigenvalue weighted by molar-refractivity contribution is 14.1. The summed E-state index contributed by atoms with van der Waals surface area (Å²) in [5, 5.41) is 13.3. The molecule has 1 atom stereocenters. The number of rotatable bonds is 4. The van der Waals surface area contributed by atoms with E-state index < -0.39 is 17.7 Å². The summed E-state index contributed by atoms with van der Waals surface area (Å²) in [6, 6.07) is 18.2. The molecule has 0 amide bonds. The van der Waals surface area contributed by atoms with Gasteiger partial charge in [-0.15, -0.1) is 0 Å². The standard InChI is InChI=1S/C26H24INO3/c1-15-14-16-8-5-6-9-17(16)22(21(15)24(25(29)30)31-26(2,3)4)19-11-12-20(27)18-10-7-13-28-23(18)19/h5-14,24H,1-4H3,(H,29,30). The number of carboxylic acids is 1. The van der Waals surface area contributed by atoms with Crippen molar-refractivity contribution in [3.63, 3.8) is 0 Å². The third-order valence-corrected chi connectivity index (χ3v) is 6.18. The molecule has 0 fully saturated rings. The van der Waals surface area contributed by atoms with Crippen molar-refractivity contribution in [2.24, 2.45) is 0 Å². The molecule has 0 aliphatic rings. The normalized spacial score (nSPS) is 12.9. The first-order valence-electron chi connectivity index (χ1n) is 10.1. The van der Waals surface area contributed by atoms with Crippen LogP contribution >= 0.6 is 22.6 Å². The highest BCUT2D eigenvalue weighted by atomic mass is 127. The minimum absolute atomic E-state index is 0.620. The van der Waals surface area contributed by atoms with E-state index in [4.69, 9.17) is 4.74 Å².